The predicted octanol–water partition coefficient (Wildman–Crippen LogP) is -0.508. The molecule has 0 atom stereocenters. The fraction of sp³-hybridized carbons (Fsp3) is 0. The first-order valence-electron chi connectivity index (χ1n) is 2.45. The molecule has 0 unspecified atom stereocenters. The molecular formula is C5H5NO4. The summed E-state index contributed by atoms with van der Waals surface area (Å²) in [6.45, 7) is 0. The molecule has 0 bridgehead atoms. The largest absolute Gasteiger partial charge is 0.503 e. The van der Waals surface area contributed by atoms with Gasteiger partial charge in [-0.05, 0) is 0 Å². The molecule has 0 spiro atoms. The zero-order valence-electron chi connectivity index (χ0n) is 4.83. The molecule has 0 aliphatic carbocycles. The van der Waals surface area contributed by atoms with Crippen LogP contribution in [0.2, 0.25) is 0 Å². The summed E-state index contributed by atoms with van der Waals surface area (Å²) in [5.41, 5.74) is -0.838. The van der Waals surface area contributed by atoms with E-state index in [-0.39, 0.29) is 0 Å². The Bertz CT molecular complexity index is 303. The first-order valence-corrected chi connectivity index (χ1v) is 2.45. The van der Waals surface area contributed by atoms with Crippen LogP contribution in [-0.4, -0.2) is 20.3 Å². The fourth-order valence-electron chi connectivity index (χ4n) is 0.499. The SMILES string of the molecule is O=c1[nH]cc(O)c(O)c1O. The van der Waals surface area contributed by atoms with Crippen molar-refractivity contribution in [3.8, 4) is 17.2 Å². The Morgan fingerprint density at radius 3 is 2.30 bits per heavy atom. The molecule has 0 aromatic carbocycles. The second kappa shape index (κ2) is 1.94. The van der Waals surface area contributed by atoms with Gasteiger partial charge in [0, 0.05) is 0 Å². The van der Waals surface area contributed by atoms with Crippen molar-refractivity contribution in [2.24, 2.45) is 0 Å². The summed E-state index contributed by atoms with van der Waals surface area (Å²) in [5, 5.41) is 25.9. The molecule has 0 radical (unpaired) electrons. The quantitative estimate of drug-likeness (QED) is 0.393. The molecule has 0 saturated heterocycles. The lowest BCUT2D eigenvalue weighted by Gasteiger charge is -1.96. The zero-order chi connectivity index (χ0) is 7.72. The third kappa shape index (κ3) is 0.771. The van der Waals surface area contributed by atoms with Gasteiger partial charge in [-0.2, -0.15) is 0 Å². The Labute approximate surface area is 55.2 Å². The van der Waals surface area contributed by atoms with Crippen molar-refractivity contribution in [3.05, 3.63) is 16.6 Å². The van der Waals surface area contributed by atoms with Crippen molar-refractivity contribution < 1.29 is 15.3 Å². The van der Waals surface area contributed by atoms with Crippen molar-refractivity contribution in [3.63, 3.8) is 0 Å². The molecule has 1 aromatic heterocycles. The summed E-state index contributed by atoms with van der Waals surface area (Å²) in [6, 6.07) is 0. The molecular weight excluding hydrogens is 138 g/mol. The lowest BCUT2D eigenvalue weighted by Crippen LogP contribution is -2.02. The number of rotatable bonds is 0. The van der Waals surface area contributed by atoms with Crippen LogP contribution in [-0.2, 0) is 0 Å². The average Bonchev–Trinajstić information content (AvgIpc) is 1.93. The van der Waals surface area contributed by atoms with Crippen molar-refractivity contribution in [2.75, 3.05) is 0 Å². The van der Waals surface area contributed by atoms with Crippen molar-refractivity contribution in [1.82, 2.24) is 4.98 Å². The molecule has 0 aliphatic rings. The fourth-order valence-corrected chi connectivity index (χ4v) is 0.499. The highest BCUT2D eigenvalue weighted by Gasteiger charge is 2.07. The van der Waals surface area contributed by atoms with E-state index in [0.29, 0.717) is 0 Å². The number of pyridine rings is 1. The summed E-state index contributed by atoms with van der Waals surface area (Å²) in [4.78, 5) is 12.4. The van der Waals surface area contributed by atoms with Gasteiger partial charge in [0.2, 0.25) is 11.5 Å². The van der Waals surface area contributed by atoms with Crippen LogP contribution in [0.5, 0.6) is 17.2 Å². The number of hydrogen-bond donors (Lipinski definition) is 4. The number of aromatic amines is 1. The van der Waals surface area contributed by atoms with Gasteiger partial charge in [-0.1, -0.05) is 0 Å². The Kier molecular flexibility index (Phi) is 1.26. The predicted molar refractivity (Wildman–Crippen MR) is 32.1 cm³/mol. The van der Waals surface area contributed by atoms with Crippen LogP contribution in [0.3, 0.4) is 0 Å². The van der Waals surface area contributed by atoms with Crippen molar-refractivity contribution >= 4 is 0 Å². The number of aromatic nitrogens is 1. The molecule has 54 valence electrons. The smallest absolute Gasteiger partial charge is 0.294 e. The molecule has 10 heavy (non-hydrogen) atoms. The lowest BCUT2D eigenvalue weighted by molar-refractivity contribution is 0.362. The maximum atomic E-state index is 10.4. The number of aromatic hydroxyl groups is 3. The van der Waals surface area contributed by atoms with Crippen LogP contribution < -0.4 is 5.56 Å². The molecule has 5 heteroatoms. The van der Waals surface area contributed by atoms with E-state index < -0.39 is 22.8 Å². The minimum absolute atomic E-state index is 0.558. The number of H-pyrrole nitrogens is 1. The third-order valence-electron chi connectivity index (χ3n) is 1.02. The second-order valence-corrected chi connectivity index (χ2v) is 1.70. The van der Waals surface area contributed by atoms with Crippen LogP contribution in [0.25, 0.3) is 0 Å². The van der Waals surface area contributed by atoms with Gasteiger partial charge < -0.3 is 20.3 Å². The van der Waals surface area contributed by atoms with Crippen molar-refractivity contribution in [1.29, 1.82) is 0 Å². The van der Waals surface area contributed by atoms with Gasteiger partial charge in [-0.3, -0.25) is 4.79 Å². The molecule has 4 N–H and O–H groups in total. The highest BCUT2D eigenvalue weighted by atomic mass is 16.3. The molecule has 0 saturated carbocycles. The molecule has 0 aliphatic heterocycles. The Balaban J connectivity index is 3.49. The summed E-state index contributed by atoms with van der Waals surface area (Å²) >= 11 is 0. The van der Waals surface area contributed by atoms with E-state index in [0.717, 1.165) is 6.20 Å². The van der Waals surface area contributed by atoms with Gasteiger partial charge >= 0.3 is 0 Å². The molecule has 1 heterocycles. The monoisotopic (exact) mass is 143 g/mol. The van der Waals surface area contributed by atoms with E-state index in [1.54, 1.807) is 0 Å². The normalized spacial score (nSPS) is 9.60. The lowest BCUT2D eigenvalue weighted by atomic mass is 10.4. The van der Waals surface area contributed by atoms with Gasteiger partial charge in [0.25, 0.3) is 5.56 Å². The van der Waals surface area contributed by atoms with E-state index in [9.17, 15) is 4.79 Å². The minimum Gasteiger partial charge on any atom is -0.503 e. The third-order valence-corrected chi connectivity index (χ3v) is 1.02. The van der Waals surface area contributed by atoms with Crippen LogP contribution in [0.1, 0.15) is 0 Å². The molecule has 0 amide bonds. The summed E-state index contributed by atoms with van der Waals surface area (Å²) in [7, 11) is 0. The van der Waals surface area contributed by atoms with Crippen LogP contribution in [0, 0.1) is 0 Å². The van der Waals surface area contributed by atoms with Gasteiger partial charge in [-0.25, -0.2) is 0 Å². The zero-order valence-corrected chi connectivity index (χ0v) is 4.83. The van der Waals surface area contributed by atoms with E-state index in [1.807, 2.05) is 4.98 Å². The average molecular weight is 143 g/mol. The Hall–Kier alpha value is -1.65. The molecule has 1 rings (SSSR count). The first kappa shape index (κ1) is 6.47. The number of nitrogens with one attached hydrogen (secondary N) is 1. The van der Waals surface area contributed by atoms with E-state index in [2.05, 4.69) is 0 Å². The highest BCUT2D eigenvalue weighted by molar-refractivity contribution is 5.44. The minimum atomic E-state index is -0.875. The summed E-state index contributed by atoms with van der Waals surface area (Å²) < 4.78 is 0. The van der Waals surface area contributed by atoms with Gasteiger partial charge in [-0.15, -0.1) is 0 Å². The van der Waals surface area contributed by atoms with Gasteiger partial charge in [0.15, 0.2) is 5.75 Å². The van der Waals surface area contributed by atoms with Gasteiger partial charge in [0.05, 0.1) is 6.20 Å². The van der Waals surface area contributed by atoms with E-state index in [4.69, 9.17) is 15.3 Å². The molecule has 5 nitrogen and oxygen atoms in total. The van der Waals surface area contributed by atoms with E-state index in [1.165, 1.54) is 0 Å². The Morgan fingerprint density at radius 2 is 1.80 bits per heavy atom. The standard InChI is InChI=1S/C5H5NO4/c7-2-1-6-5(10)4(9)3(2)8/h1,7,9H,(H2,6,8,10). The highest BCUT2D eigenvalue weighted by Crippen LogP contribution is 2.28. The topological polar surface area (TPSA) is 93.6 Å². The van der Waals surface area contributed by atoms with Crippen LogP contribution in [0.4, 0.5) is 0 Å². The first-order chi connectivity index (χ1) is 4.63. The van der Waals surface area contributed by atoms with E-state index >= 15 is 0 Å². The Morgan fingerprint density at radius 1 is 1.20 bits per heavy atom. The second-order valence-electron chi connectivity index (χ2n) is 1.70. The van der Waals surface area contributed by atoms with Gasteiger partial charge in [0.1, 0.15) is 0 Å². The van der Waals surface area contributed by atoms with Crippen LogP contribution >= 0.6 is 0 Å². The van der Waals surface area contributed by atoms with Crippen LogP contribution in [0.15, 0.2) is 11.0 Å². The maximum absolute atomic E-state index is 10.4. The molecule has 0 fully saturated rings. The molecule has 1 aromatic rings. The summed E-state index contributed by atoms with van der Waals surface area (Å²) in [5.74, 6) is -2.24. The van der Waals surface area contributed by atoms with Crippen molar-refractivity contribution in [2.45, 2.75) is 0 Å². The number of hydrogen-bond acceptors (Lipinski definition) is 4. The maximum Gasteiger partial charge on any atom is 0.294 e. The summed E-state index contributed by atoms with van der Waals surface area (Å²) in [6.07, 6.45) is 0.886.